The highest BCUT2D eigenvalue weighted by molar-refractivity contribution is 6.21. The van der Waals surface area contributed by atoms with E-state index in [4.69, 9.17) is 22.8 Å². The predicted molar refractivity (Wildman–Crippen MR) is 75.4 cm³/mol. The Morgan fingerprint density at radius 2 is 2.10 bits per heavy atom. The molecule has 1 N–H and O–H groups in total. The summed E-state index contributed by atoms with van der Waals surface area (Å²) < 4.78 is 32.3. The molecule has 0 aromatic heterocycles. The number of benzene rings is 1. The molecular weight excluding hydrogens is 300 g/mol. The maximum Gasteiger partial charge on any atom is 0.251 e. The smallest absolute Gasteiger partial charge is 0.251 e. The van der Waals surface area contributed by atoms with E-state index >= 15 is 0 Å². The minimum Gasteiger partial charge on any atom is -0.475 e. The lowest BCUT2D eigenvalue weighted by molar-refractivity contribution is 0.0937. The second-order valence-electron chi connectivity index (χ2n) is 4.79. The lowest BCUT2D eigenvalue weighted by Gasteiger charge is -2.16. The zero-order valence-electron chi connectivity index (χ0n) is 11.2. The minimum absolute atomic E-state index is 0.117. The van der Waals surface area contributed by atoms with Gasteiger partial charge >= 0.3 is 0 Å². The first-order chi connectivity index (χ1) is 10.0. The maximum absolute atomic E-state index is 13.7. The van der Waals surface area contributed by atoms with Crippen LogP contribution in [-0.4, -0.2) is 23.9 Å². The minimum atomic E-state index is -0.968. The van der Waals surface area contributed by atoms with Gasteiger partial charge in [-0.15, -0.1) is 18.0 Å². The van der Waals surface area contributed by atoms with Crippen molar-refractivity contribution in [3.05, 3.63) is 29.3 Å². The Kier molecular flexibility index (Phi) is 5.03. The van der Waals surface area contributed by atoms with Crippen molar-refractivity contribution in [2.24, 2.45) is 0 Å². The van der Waals surface area contributed by atoms with E-state index in [1.165, 1.54) is 0 Å². The van der Waals surface area contributed by atoms with E-state index in [9.17, 15) is 13.6 Å². The average Bonchev–Trinajstić information content (AvgIpc) is 2.83. The van der Waals surface area contributed by atoms with Gasteiger partial charge in [-0.3, -0.25) is 4.79 Å². The van der Waals surface area contributed by atoms with Crippen LogP contribution in [0.4, 0.5) is 8.78 Å². The Morgan fingerprint density at radius 3 is 2.62 bits per heavy atom. The van der Waals surface area contributed by atoms with Gasteiger partial charge in [0.1, 0.15) is 6.61 Å². The van der Waals surface area contributed by atoms with E-state index in [1.54, 1.807) is 0 Å². The molecule has 0 bridgehead atoms. The van der Waals surface area contributed by atoms with E-state index in [1.807, 2.05) is 0 Å². The Morgan fingerprint density at radius 1 is 1.43 bits per heavy atom. The van der Waals surface area contributed by atoms with Gasteiger partial charge in [-0.25, -0.2) is 8.78 Å². The number of carbonyl (C=O) groups is 1. The van der Waals surface area contributed by atoms with E-state index < -0.39 is 23.3 Å². The molecule has 2 rings (SSSR count). The summed E-state index contributed by atoms with van der Waals surface area (Å²) in [5, 5.41) is 2.53. The van der Waals surface area contributed by atoms with Gasteiger partial charge in [0, 0.05) is 11.6 Å². The number of carbonyl (C=O) groups excluding carboxylic acids is 1. The van der Waals surface area contributed by atoms with Crippen molar-refractivity contribution < 1.29 is 18.3 Å². The summed E-state index contributed by atoms with van der Waals surface area (Å²) in [7, 11) is 0. The molecule has 0 saturated heterocycles. The Hall–Kier alpha value is -1.80. The lowest BCUT2D eigenvalue weighted by atomic mass is 10.1. The average molecular weight is 314 g/mol. The van der Waals surface area contributed by atoms with Crippen LogP contribution in [0.5, 0.6) is 5.75 Å². The fourth-order valence-corrected chi connectivity index (χ4v) is 2.62. The highest BCUT2D eigenvalue weighted by Gasteiger charge is 2.27. The second kappa shape index (κ2) is 6.77. The van der Waals surface area contributed by atoms with Crippen molar-refractivity contribution in [3.8, 4) is 18.1 Å². The van der Waals surface area contributed by atoms with Crippen LogP contribution in [-0.2, 0) is 0 Å². The van der Waals surface area contributed by atoms with Crippen LogP contribution in [0.15, 0.2) is 12.1 Å². The molecule has 0 unspecified atom stereocenters. The largest absolute Gasteiger partial charge is 0.475 e. The first kappa shape index (κ1) is 15.6. The van der Waals surface area contributed by atoms with Gasteiger partial charge in [0.15, 0.2) is 17.4 Å². The van der Waals surface area contributed by atoms with Gasteiger partial charge in [0.2, 0.25) is 0 Å². The number of nitrogens with one attached hydrogen (secondary N) is 1. The molecule has 1 saturated carbocycles. The summed E-state index contributed by atoms with van der Waals surface area (Å²) in [5.74, 6) is -0.969. The fraction of sp³-hybridized carbons (Fsp3) is 0.400. The van der Waals surface area contributed by atoms with E-state index in [-0.39, 0.29) is 23.6 Å². The SMILES string of the molecule is C#CCOc1c(F)cc(C(=O)N[C@@H]2CCC[C@H]2Cl)cc1F. The summed E-state index contributed by atoms with van der Waals surface area (Å²) in [6.45, 7) is -0.255. The van der Waals surface area contributed by atoms with E-state index in [0.717, 1.165) is 31.4 Å². The van der Waals surface area contributed by atoms with Crippen LogP contribution in [0.2, 0.25) is 0 Å². The highest BCUT2D eigenvalue weighted by Crippen LogP contribution is 2.26. The molecule has 0 spiro atoms. The third-order valence-electron chi connectivity index (χ3n) is 3.31. The van der Waals surface area contributed by atoms with Crippen molar-refractivity contribution in [1.29, 1.82) is 0 Å². The quantitative estimate of drug-likeness (QED) is 0.685. The summed E-state index contributed by atoms with van der Waals surface area (Å²) in [6, 6.07) is 1.66. The molecule has 1 aromatic carbocycles. The van der Waals surface area contributed by atoms with Crippen LogP contribution in [0.25, 0.3) is 0 Å². The molecule has 3 nitrogen and oxygen atoms in total. The number of terminal acetylenes is 1. The first-order valence-electron chi connectivity index (χ1n) is 6.53. The third kappa shape index (κ3) is 3.64. The van der Waals surface area contributed by atoms with E-state index in [0.29, 0.717) is 0 Å². The number of rotatable bonds is 4. The standard InChI is InChI=1S/C15H14ClF2NO2/c1-2-6-21-14-11(17)7-9(8-12(14)18)15(20)19-13-5-3-4-10(13)16/h1,7-8,10,13H,3-6H2,(H,19,20)/t10-,13-/m1/s1. The first-order valence-corrected chi connectivity index (χ1v) is 6.96. The van der Waals surface area contributed by atoms with Crippen LogP contribution in [0.1, 0.15) is 29.6 Å². The Balaban J connectivity index is 2.13. The summed E-state index contributed by atoms with van der Waals surface area (Å²) >= 11 is 6.05. The van der Waals surface area contributed by atoms with Gasteiger partial charge in [-0.05, 0) is 31.4 Å². The van der Waals surface area contributed by atoms with Crippen LogP contribution < -0.4 is 10.1 Å². The molecule has 1 aromatic rings. The molecule has 1 aliphatic carbocycles. The molecule has 112 valence electrons. The molecule has 1 fully saturated rings. The zero-order valence-corrected chi connectivity index (χ0v) is 11.9. The van der Waals surface area contributed by atoms with Crippen molar-refractivity contribution in [3.63, 3.8) is 0 Å². The summed E-state index contributed by atoms with van der Waals surface area (Å²) in [5.41, 5.74) is -0.117. The number of hydrogen-bond acceptors (Lipinski definition) is 2. The summed E-state index contributed by atoms with van der Waals surface area (Å²) in [6.07, 6.45) is 7.45. The molecule has 0 heterocycles. The monoisotopic (exact) mass is 313 g/mol. The van der Waals surface area contributed by atoms with Gasteiger partial charge in [-0.1, -0.05) is 5.92 Å². The predicted octanol–water partition coefficient (Wildman–Crippen LogP) is 2.87. The number of alkyl halides is 1. The van der Waals surface area contributed by atoms with E-state index in [2.05, 4.69) is 11.2 Å². The third-order valence-corrected chi connectivity index (χ3v) is 3.83. The second-order valence-corrected chi connectivity index (χ2v) is 5.35. The molecule has 6 heteroatoms. The molecule has 0 radical (unpaired) electrons. The molecule has 0 aliphatic heterocycles. The fourth-order valence-electron chi connectivity index (χ4n) is 2.27. The van der Waals surface area contributed by atoms with Crippen molar-refractivity contribution in [1.82, 2.24) is 5.32 Å². The number of halogens is 3. The lowest BCUT2D eigenvalue weighted by Crippen LogP contribution is -2.37. The summed E-state index contributed by atoms with van der Waals surface area (Å²) in [4.78, 5) is 12.0. The Labute approximate surface area is 126 Å². The molecular formula is C15H14ClF2NO2. The Bertz CT molecular complexity index is 563. The number of amides is 1. The topological polar surface area (TPSA) is 38.3 Å². The van der Waals surface area contributed by atoms with Gasteiger partial charge < -0.3 is 10.1 Å². The molecule has 2 atom stereocenters. The van der Waals surface area contributed by atoms with Crippen LogP contribution >= 0.6 is 11.6 Å². The van der Waals surface area contributed by atoms with Crippen molar-refractivity contribution in [2.75, 3.05) is 6.61 Å². The van der Waals surface area contributed by atoms with Crippen molar-refractivity contribution in [2.45, 2.75) is 30.7 Å². The van der Waals surface area contributed by atoms with Crippen molar-refractivity contribution >= 4 is 17.5 Å². The molecule has 1 amide bonds. The zero-order chi connectivity index (χ0) is 15.4. The number of hydrogen-bond donors (Lipinski definition) is 1. The highest BCUT2D eigenvalue weighted by atomic mass is 35.5. The maximum atomic E-state index is 13.7. The van der Waals surface area contributed by atoms with Gasteiger partial charge in [0.25, 0.3) is 5.91 Å². The van der Waals surface area contributed by atoms with Crippen LogP contribution in [0.3, 0.4) is 0 Å². The van der Waals surface area contributed by atoms with Gasteiger partial charge in [0.05, 0.1) is 5.38 Å². The van der Waals surface area contributed by atoms with Crippen LogP contribution in [0, 0.1) is 24.0 Å². The molecule has 1 aliphatic rings. The molecule has 21 heavy (non-hydrogen) atoms. The normalized spacial score (nSPS) is 20.9. The van der Waals surface area contributed by atoms with Gasteiger partial charge in [-0.2, -0.15) is 0 Å². The number of ether oxygens (including phenoxy) is 1.